The lowest BCUT2D eigenvalue weighted by Gasteiger charge is -2.25. The number of benzene rings is 2. The van der Waals surface area contributed by atoms with Gasteiger partial charge in [-0.25, -0.2) is 13.1 Å². The Morgan fingerprint density at radius 2 is 1.65 bits per heavy atom. The van der Waals surface area contributed by atoms with E-state index in [0.717, 1.165) is 5.56 Å². The van der Waals surface area contributed by atoms with Crippen molar-refractivity contribution < 1.29 is 13.2 Å². The van der Waals surface area contributed by atoms with Crippen molar-refractivity contribution in [3.63, 3.8) is 0 Å². The molecule has 0 fully saturated rings. The number of sulfonamides is 1. The van der Waals surface area contributed by atoms with Gasteiger partial charge in [0.2, 0.25) is 15.9 Å². The van der Waals surface area contributed by atoms with Gasteiger partial charge in [-0.05, 0) is 29.8 Å². The first-order chi connectivity index (χ1) is 12.2. The van der Waals surface area contributed by atoms with E-state index in [1.165, 1.54) is 12.1 Å². The highest BCUT2D eigenvalue weighted by Gasteiger charge is 2.21. The molecule has 26 heavy (non-hydrogen) atoms. The highest BCUT2D eigenvalue weighted by molar-refractivity contribution is 7.89. The van der Waals surface area contributed by atoms with Crippen LogP contribution in [0.3, 0.4) is 0 Å². The molecular weight excluding hydrogens is 372 g/mol. The van der Waals surface area contributed by atoms with Crippen molar-refractivity contribution >= 4 is 27.5 Å². The van der Waals surface area contributed by atoms with Gasteiger partial charge >= 0.3 is 0 Å². The Kier molecular flexibility index (Phi) is 6.81. The summed E-state index contributed by atoms with van der Waals surface area (Å²) < 4.78 is 26.6. The zero-order valence-corrected chi connectivity index (χ0v) is 16.4. The number of carbonyl (C=O) groups excluding carboxylic acids is 1. The molecule has 7 heteroatoms. The summed E-state index contributed by atoms with van der Waals surface area (Å²) in [5, 5.41) is 3.52. The second kappa shape index (κ2) is 8.66. The van der Waals surface area contributed by atoms with Gasteiger partial charge in [-0.2, -0.15) is 0 Å². The smallest absolute Gasteiger partial charge is 0.240 e. The molecule has 0 radical (unpaired) electrons. The fraction of sp³-hybridized carbons (Fsp3) is 0.316. The third-order valence-corrected chi connectivity index (χ3v) is 5.78. The second-order valence-electron chi connectivity index (χ2n) is 6.63. The first kappa shape index (κ1) is 20.4. The van der Waals surface area contributed by atoms with Crippen molar-refractivity contribution in [2.45, 2.75) is 30.6 Å². The van der Waals surface area contributed by atoms with Crippen molar-refractivity contribution in [2.75, 3.05) is 13.1 Å². The summed E-state index contributed by atoms with van der Waals surface area (Å²) in [5.41, 5.74) is 0.802. The van der Waals surface area contributed by atoms with Gasteiger partial charge in [0.25, 0.3) is 0 Å². The van der Waals surface area contributed by atoms with Crippen LogP contribution in [0.25, 0.3) is 0 Å². The Balaban J connectivity index is 1.81. The van der Waals surface area contributed by atoms with Crippen LogP contribution in [0.4, 0.5) is 0 Å². The maximum atomic E-state index is 12.1. The number of halogens is 1. The molecule has 0 aliphatic heterocycles. The molecule has 2 aromatic rings. The quantitative estimate of drug-likeness (QED) is 0.722. The van der Waals surface area contributed by atoms with Gasteiger partial charge < -0.3 is 5.32 Å². The van der Waals surface area contributed by atoms with Crippen LogP contribution in [0.1, 0.15) is 25.8 Å². The predicted octanol–water partition coefficient (Wildman–Crippen LogP) is 3.10. The van der Waals surface area contributed by atoms with Crippen molar-refractivity contribution in [1.82, 2.24) is 10.0 Å². The van der Waals surface area contributed by atoms with Gasteiger partial charge in [0.05, 0.1) is 4.90 Å². The largest absolute Gasteiger partial charge is 0.355 e. The molecule has 0 unspecified atom stereocenters. The Hall–Kier alpha value is -1.89. The van der Waals surface area contributed by atoms with Crippen LogP contribution in [-0.4, -0.2) is 27.4 Å². The zero-order valence-electron chi connectivity index (χ0n) is 14.8. The van der Waals surface area contributed by atoms with Gasteiger partial charge in [0.15, 0.2) is 0 Å². The van der Waals surface area contributed by atoms with Gasteiger partial charge in [0.1, 0.15) is 0 Å². The van der Waals surface area contributed by atoms with Gasteiger partial charge in [-0.1, -0.05) is 55.8 Å². The predicted molar refractivity (Wildman–Crippen MR) is 104 cm³/mol. The van der Waals surface area contributed by atoms with Crippen molar-refractivity contribution in [2.24, 2.45) is 0 Å². The Labute approximate surface area is 159 Å². The van der Waals surface area contributed by atoms with Gasteiger partial charge in [-0.3, -0.25) is 4.79 Å². The standard InChI is InChI=1S/C19H23ClN2O3S/c1-19(2,15-8-10-16(20)11-9-15)14-21-18(23)12-13-22-26(24,25)17-6-4-3-5-7-17/h3-11,22H,12-14H2,1-2H3,(H,21,23). The molecule has 0 bridgehead atoms. The first-order valence-corrected chi connectivity index (χ1v) is 10.1. The van der Waals surface area contributed by atoms with Gasteiger partial charge in [-0.15, -0.1) is 0 Å². The average molecular weight is 395 g/mol. The van der Waals surface area contributed by atoms with Crippen LogP contribution < -0.4 is 10.0 Å². The summed E-state index contributed by atoms with van der Waals surface area (Å²) in [7, 11) is -3.59. The maximum Gasteiger partial charge on any atom is 0.240 e. The Morgan fingerprint density at radius 3 is 2.27 bits per heavy atom. The zero-order chi connectivity index (χ0) is 19.2. The fourth-order valence-corrected chi connectivity index (χ4v) is 3.57. The molecule has 2 rings (SSSR count). The summed E-state index contributed by atoms with van der Waals surface area (Å²) in [6, 6.07) is 15.6. The average Bonchev–Trinajstić information content (AvgIpc) is 2.61. The summed E-state index contributed by atoms with van der Waals surface area (Å²) >= 11 is 5.90. The maximum absolute atomic E-state index is 12.1. The molecule has 0 saturated carbocycles. The van der Waals surface area contributed by atoms with E-state index in [4.69, 9.17) is 11.6 Å². The normalized spacial score (nSPS) is 12.0. The molecule has 2 aromatic carbocycles. The number of hydrogen-bond acceptors (Lipinski definition) is 3. The third kappa shape index (κ3) is 5.83. The minimum atomic E-state index is -3.59. The van der Waals surface area contributed by atoms with E-state index in [0.29, 0.717) is 11.6 Å². The molecule has 2 N–H and O–H groups in total. The van der Waals surface area contributed by atoms with E-state index < -0.39 is 10.0 Å². The molecule has 0 saturated heterocycles. The second-order valence-corrected chi connectivity index (χ2v) is 8.83. The molecule has 140 valence electrons. The molecule has 0 aromatic heterocycles. The number of amides is 1. The molecule has 0 aliphatic carbocycles. The number of rotatable bonds is 8. The SMILES string of the molecule is CC(C)(CNC(=O)CCNS(=O)(=O)c1ccccc1)c1ccc(Cl)cc1. The van der Waals surface area contributed by atoms with Crippen molar-refractivity contribution in [3.8, 4) is 0 Å². The van der Waals surface area contributed by atoms with Crippen LogP contribution in [-0.2, 0) is 20.2 Å². The summed E-state index contributed by atoms with van der Waals surface area (Å²) in [4.78, 5) is 12.2. The van der Waals surface area contributed by atoms with Crippen LogP contribution in [0.15, 0.2) is 59.5 Å². The minimum Gasteiger partial charge on any atom is -0.355 e. The molecule has 0 aliphatic rings. The summed E-state index contributed by atoms with van der Waals surface area (Å²) in [6.45, 7) is 4.53. The van der Waals surface area contributed by atoms with Crippen molar-refractivity contribution in [1.29, 1.82) is 0 Å². The lowest BCUT2D eigenvalue weighted by Crippen LogP contribution is -2.38. The Morgan fingerprint density at radius 1 is 1.04 bits per heavy atom. The van der Waals surface area contributed by atoms with Crippen LogP contribution in [0.5, 0.6) is 0 Å². The van der Waals surface area contributed by atoms with Crippen LogP contribution in [0.2, 0.25) is 5.02 Å². The topological polar surface area (TPSA) is 75.3 Å². The molecule has 1 amide bonds. The van der Waals surface area contributed by atoms with Gasteiger partial charge in [0, 0.05) is 29.9 Å². The van der Waals surface area contributed by atoms with E-state index in [-0.39, 0.29) is 29.2 Å². The highest BCUT2D eigenvalue weighted by Crippen LogP contribution is 2.23. The molecular formula is C19H23ClN2O3S. The molecule has 0 heterocycles. The van der Waals surface area contributed by atoms with E-state index in [9.17, 15) is 13.2 Å². The molecule has 0 atom stereocenters. The molecule has 0 spiro atoms. The molecule has 5 nitrogen and oxygen atoms in total. The van der Waals surface area contributed by atoms with E-state index in [2.05, 4.69) is 10.0 Å². The third-order valence-electron chi connectivity index (χ3n) is 4.05. The summed E-state index contributed by atoms with van der Waals surface area (Å²) in [6.07, 6.45) is 0.0722. The minimum absolute atomic E-state index is 0.0461. The number of carbonyl (C=O) groups is 1. The Bertz CT molecular complexity index is 835. The van der Waals surface area contributed by atoms with E-state index in [1.54, 1.807) is 18.2 Å². The van der Waals surface area contributed by atoms with Crippen LogP contribution in [0, 0.1) is 0 Å². The van der Waals surface area contributed by atoms with E-state index in [1.807, 2.05) is 38.1 Å². The lowest BCUT2D eigenvalue weighted by molar-refractivity contribution is -0.121. The number of hydrogen-bond donors (Lipinski definition) is 2. The van der Waals surface area contributed by atoms with Crippen LogP contribution >= 0.6 is 11.6 Å². The fourth-order valence-electron chi connectivity index (χ4n) is 2.39. The first-order valence-electron chi connectivity index (χ1n) is 8.28. The summed E-state index contributed by atoms with van der Waals surface area (Å²) in [5.74, 6) is -0.206. The monoisotopic (exact) mass is 394 g/mol. The van der Waals surface area contributed by atoms with E-state index >= 15 is 0 Å². The lowest BCUT2D eigenvalue weighted by atomic mass is 9.84. The van der Waals surface area contributed by atoms with Crippen molar-refractivity contribution in [3.05, 3.63) is 65.2 Å². The number of nitrogens with one attached hydrogen (secondary N) is 2. The highest BCUT2D eigenvalue weighted by atomic mass is 35.5.